The second-order valence-electron chi connectivity index (χ2n) is 8.80. The molecule has 0 aliphatic carbocycles. The molecule has 0 saturated heterocycles. The molecule has 0 unspecified atom stereocenters. The minimum atomic E-state index is -4.99. The highest BCUT2D eigenvalue weighted by molar-refractivity contribution is 6.32. The van der Waals surface area contributed by atoms with E-state index in [0.717, 1.165) is 24.5 Å². The normalized spacial score (nSPS) is 11.9. The van der Waals surface area contributed by atoms with E-state index < -0.39 is 29.6 Å². The van der Waals surface area contributed by atoms with Crippen LogP contribution in [0.25, 0.3) is 0 Å². The zero-order chi connectivity index (χ0) is 25.9. The van der Waals surface area contributed by atoms with Crippen LogP contribution in [-0.2, 0) is 32.2 Å². The van der Waals surface area contributed by atoms with Crippen LogP contribution in [0.3, 0.4) is 0 Å². The molecular weight excluding hydrogens is 453 g/mol. The van der Waals surface area contributed by atoms with Crippen LogP contribution in [0.15, 0.2) is 18.3 Å². The summed E-state index contributed by atoms with van der Waals surface area (Å²) < 4.78 is 44.3. The summed E-state index contributed by atoms with van der Waals surface area (Å²) in [6.07, 6.45) is -2.53. The van der Waals surface area contributed by atoms with Crippen molar-refractivity contribution >= 4 is 17.8 Å². The highest BCUT2D eigenvalue weighted by Gasteiger charge is 2.42. The molecule has 11 heteroatoms. The number of rotatable bonds is 11. The Balaban J connectivity index is 2.78. The van der Waals surface area contributed by atoms with Crippen LogP contribution < -0.4 is 5.32 Å². The van der Waals surface area contributed by atoms with Gasteiger partial charge in [-0.2, -0.15) is 13.2 Å². The van der Waals surface area contributed by atoms with Gasteiger partial charge in [-0.3, -0.25) is 14.6 Å². The van der Waals surface area contributed by atoms with Gasteiger partial charge in [0.2, 0.25) is 0 Å². The lowest BCUT2D eigenvalue weighted by Gasteiger charge is -2.24. The van der Waals surface area contributed by atoms with Crippen LogP contribution in [0.5, 0.6) is 0 Å². The van der Waals surface area contributed by atoms with Crippen LogP contribution in [0, 0.1) is 0 Å². The molecule has 0 saturated carbocycles. The molecule has 1 aromatic heterocycles. The number of aromatic nitrogens is 1. The number of amides is 2. The fourth-order valence-corrected chi connectivity index (χ4v) is 3.11. The summed E-state index contributed by atoms with van der Waals surface area (Å²) >= 11 is 0. The predicted molar refractivity (Wildman–Crippen MR) is 120 cm³/mol. The number of unbranched alkanes of at least 4 members (excludes halogenated alkanes) is 1. The number of carbonyl (C=O) groups excluding carboxylic acids is 3. The van der Waals surface area contributed by atoms with Crippen molar-refractivity contribution in [3.05, 3.63) is 29.6 Å². The third-order valence-corrected chi connectivity index (χ3v) is 4.85. The molecule has 0 radical (unpaired) electrons. The molecule has 0 aliphatic rings. The SMILES string of the molecule is CCN(CC)CCCCN(Cc1cc(CNC(=O)C(=O)OC(C)(C)C)ccn1)C(=O)C(F)(F)F. The first-order valence-electron chi connectivity index (χ1n) is 11.3. The molecule has 1 N–H and O–H groups in total. The zero-order valence-electron chi connectivity index (χ0n) is 20.5. The Morgan fingerprint density at radius 3 is 2.24 bits per heavy atom. The van der Waals surface area contributed by atoms with Crippen LogP contribution in [0.4, 0.5) is 13.2 Å². The number of hydrogen-bond acceptors (Lipinski definition) is 6. The maximum atomic E-state index is 13.1. The molecule has 192 valence electrons. The summed E-state index contributed by atoms with van der Waals surface area (Å²) in [4.78, 5) is 42.6. The average Bonchev–Trinajstić information content (AvgIpc) is 2.74. The van der Waals surface area contributed by atoms with E-state index in [1.165, 1.54) is 12.3 Å². The van der Waals surface area contributed by atoms with Crippen molar-refractivity contribution in [1.82, 2.24) is 20.1 Å². The molecule has 1 heterocycles. The Morgan fingerprint density at radius 2 is 1.68 bits per heavy atom. The van der Waals surface area contributed by atoms with Gasteiger partial charge >= 0.3 is 24.0 Å². The molecular formula is C23H35F3N4O4. The zero-order valence-corrected chi connectivity index (χ0v) is 20.5. The van der Waals surface area contributed by atoms with Gasteiger partial charge in [0.1, 0.15) is 5.60 Å². The Hall–Kier alpha value is -2.69. The van der Waals surface area contributed by atoms with E-state index >= 15 is 0 Å². The summed E-state index contributed by atoms with van der Waals surface area (Å²) in [5.41, 5.74) is -0.0637. The first-order valence-corrected chi connectivity index (χ1v) is 11.3. The summed E-state index contributed by atoms with van der Waals surface area (Å²) in [5, 5.41) is 2.41. The van der Waals surface area contributed by atoms with E-state index in [0.29, 0.717) is 18.4 Å². The van der Waals surface area contributed by atoms with Crippen molar-refractivity contribution in [1.29, 1.82) is 0 Å². The second kappa shape index (κ2) is 13.3. The third-order valence-electron chi connectivity index (χ3n) is 4.85. The number of nitrogens with zero attached hydrogens (tertiary/aromatic N) is 3. The molecule has 2 amide bonds. The van der Waals surface area contributed by atoms with Gasteiger partial charge in [-0.05, 0) is 70.9 Å². The van der Waals surface area contributed by atoms with Crippen LogP contribution >= 0.6 is 0 Å². The number of halogens is 3. The maximum Gasteiger partial charge on any atom is 0.471 e. The van der Waals surface area contributed by atoms with Gasteiger partial charge in [-0.25, -0.2) is 4.79 Å². The quantitative estimate of drug-likeness (QED) is 0.293. The highest BCUT2D eigenvalue weighted by atomic mass is 19.4. The lowest BCUT2D eigenvalue weighted by Crippen LogP contribution is -2.41. The van der Waals surface area contributed by atoms with E-state index in [1.807, 2.05) is 13.8 Å². The number of ether oxygens (including phenoxy) is 1. The van der Waals surface area contributed by atoms with Crippen molar-refractivity contribution in [3.8, 4) is 0 Å². The number of esters is 1. The molecule has 0 spiro atoms. The molecule has 0 aromatic carbocycles. The molecule has 0 bridgehead atoms. The summed E-state index contributed by atoms with van der Waals surface area (Å²) in [5.74, 6) is -3.88. The first-order chi connectivity index (χ1) is 15.8. The van der Waals surface area contributed by atoms with Gasteiger partial charge < -0.3 is 19.9 Å². The van der Waals surface area contributed by atoms with E-state index in [2.05, 4.69) is 15.2 Å². The minimum absolute atomic E-state index is 0.0509. The number of alkyl halides is 3. The van der Waals surface area contributed by atoms with Crippen molar-refractivity contribution in [3.63, 3.8) is 0 Å². The first kappa shape index (κ1) is 29.3. The van der Waals surface area contributed by atoms with Crippen LogP contribution in [0.1, 0.15) is 58.7 Å². The van der Waals surface area contributed by atoms with Crippen molar-refractivity contribution in [2.45, 2.75) is 72.3 Å². The molecule has 0 atom stereocenters. The fourth-order valence-electron chi connectivity index (χ4n) is 3.11. The van der Waals surface area contributed by atoms with Crippen LogP contribution in [-0.4, -0.2) is 70.5 Å². The molecule has 34 heavy (non-hydrogen) atoms. The van der Waals surface area contributed by atoms with Gasteiger partial charge in [-0.1, -0.05) is 13.8 Å². The van der Waals surface area contributed by atoms with E-state index in [-0.39, 0.29) is 25.3 Å². The summed E-state index contributed by atoms with van der Waals surface area (Å²) in [6.45, 7) is 10.9. The number of pyridine rings is 1. The molecule has 8 nitrogen and oxygen atoms in total. The van der Waals surface area contributed by atoms with Crippen molar-refractivity contribution in [2.24, 2.45) is 0 Å². The lowest BCUT2D eigenvalue weighted by molar-refractivity contribution is -0.186. The second-order valence-corrected chi connectivity index (χ2v) is 8.80. The largest absolute Gasteiger partial charge is 0.471 e. The van der Waals surface area contributed by atoms with Crippen LogP contribution in [0.2, 0.25) is 0 Å². The van der Waals surface area contributed by atoms with Gasteiger partial charge in [0.15, 0.2) is 0 Å². The van der Waals surface area contributed by atoms with Crippen molar-refractivity contribution < 1.29 is 32.3 Å². The standard InChI is InChI=1S/C23H35F3N4O4/c1-6-29(7-2)12-8-9-13-30(21(33)23(24,25)26)16-18-14-17(10-11-27-18)15-28-19(31)20(32)34-22(3,4)5/h10-11,14H,6-9,12-13,15-16H2,1-5H3,(H,28,31). The number of hydrogen-bond donors (Lipinski definition) is 1. The van der Waals surface area contributed by atoms with Gasteiger partial charge in [0, 0.05) is 19.3 Å². The van der Waals surface area contributed by atoms with E-state index in [1.54, 1.807) is 26.8 Å². The summed E-state index contributed by atoms with van der Waals surface area (Å²) in [6, 6.07) is 3.04. The Bertz CT molecular complexity index is 821. The van der Waals surface area contributed by atoms with Gasteiger partial charge in [0.25, 0.3) is 0 Å². The number of carbonyl (C=O) groups is 3. The topological polar surface area (TPSA) is 91.8 Å². The molecule has 1 aromatic rings. The number of nitrogens with one attached hydrogen (secondary N) is 1. The van der Waals surface area contributed by atoms with E-state index in [4.69, 9.17) is 4.74 Å². The minimum Gasteiger partial charge on any atom is -0.453 e. The maximum absolute atomic E-state index is 13.1. The molecule has 1 rings (SSSR count). The summed E-state index contributed by atoms with van der Waals surface area (Å²) in [7, 11) is 0. The Kier molecular flexibility index (Phi) is 11.4. The Morgan fingerprint density at radius 1 is 1.06 bits per heavy atom. The van der Waals surface area contributed by atoms with Gasteiger partial charge in [0.05, 0.1) is 12.2 Å². The van der Waals surface area contributed by atoms with Crippen molar-refractivity contribution in [2.75, 3.05) is 26.2 Å². The van der Waals surface area contributed by atoms with Gasteiger partial charge in [-0.15, -0.1) is 0 Å². The monoisotopic (exact) mass is 488 g/mol. The molecule has 0 fully saturated rings. The third kappa shape index (κ3) is 11.0. The smallest absolute Gasteiger partial charge is 0.453 e. The lowest BCUT2D eigenvalue weighted by atomic mass is 10.2. The average molecular weight is 489 g/mol. The highest BCUT2D eigenvalue weighted by Crippen LogP contribution is 2.20. The fraction of sp³-hybridized carbons (Fsp3) is 0.652. The van der Waals surface area contributed by atoms with E-state index in [9.17, 15) is 27.6 Å². The predicted octanol–water partition coefficient (Wildman–Crippen LogP) is 3.05. The Labute approximate surface area is 198 Å². The molecule has 0 aliphatic heterocycles.